The fourth-order valence-corrected chi connectivity index (χ4v) is 4.50. The zero-order valence-electron chi connectivity index (χ0n) is 18.5. The first kappa shape index (κ1) is 23.5. The summed E-state index contributed by atoms with van der Waals surface area (Å²) < 4.78 is 11.8. The maximum Gasteiger partial charge on any atom is 0.295 e. The SMILES string of the molecule is CCOc1cccc(C(O)=C2C(=O)C(=O)N(CCN3CCOCC3)C2c2ccc(Br)cc2)c1. The van der Waals surface area contributed by atoms with Gasteiger partial charge in [-0.25, -0.2) is 0 Å². The van der Waals surface area contributed by atoms with E-state index in [0.29, 0.717) is 44.2 Å². The molecule has 0 radical (unpaired) electrons. The molecule has 2 aliphatic rings. The van der Waals surface area contributed by atoms with Gasteiger partial charge in [0, 0.05) is 36.2 Å². The first-order chi connectivity index (χ1) is 16.0. The van der Waals surface area contributed by atoms with Crippen molar-refractivity contribution in [2.24, 2.45) is 0 Å². The van der Waals surface area contributed by atoms with E-state index in [2.05, 4.69) is 20.8 Å². The molecule has 0 aliphatic carbocycles. The molecule has 8 heteroatoms. The van der Waals surface area contributed by atoms with Crippen molar-refractivity contribution in [2.45, 2.75) is 13.0 Å². The number of halogens is 1. The number of carbonyl (C=O) groups excluding carboxylic acids is 2. The average Bonchev–Trinajstić information content (AvgIpc) is 3.08. The quantitative estimate of drug-likeness (QED) is 0.345. The molecule has 0 aromatic heterocycles. The van der Waals surface area contributed by atoms with E-state index in [-0.39, 0.29) is 11.3 Å². The van der Waals surface area contributed by atoms with Gasteiger partial charge in [0.1, 0.15) is 11.5 Å². The third-order valence-corrected chi connectivity index (χ3v) is 6.43. The first-order valence-electron chi connectivity index (χ1n) is 11.1. The van der Waals surface area contributed by atoms with Gasteiger partial charge in [-0.1, -0.05) is 40.2 Å². The second-order valence-electron chi connectivity index (χ2n) is 7.96. The third-order valence-electron chi connectivity index (χ3n) is 5.91. The van der Waals surface area contributed by atoms with E-state index in [1.54, 1.807) is 29.2 Å². The highest BCUT2D eigenvalue weighted by molar-refractivity contribution is 9.10. The normalized spacial score (nSPS) is 20.9. The van der Waals surface area contributed by atoms with Crippen LogP contribution in [-0.2, 0) is 14.3 Å². The van der Waals surface area contributed by atoms with E-state index in [1.807, 2.05) is 31.2 Å². The number of ether oxygens (including phenoxy) is 2. The van der Waals surface area contributed by atoms with E-state index in [0.717, 1.165) is 23.1 Å². The summed E-state index contributed by atoms with van der Waals surface area (Å²) in [7, 11) is 0. The molecular weight excluding hydrogens is 488 g/mol. The van der Waals surface area contributed by atoms with Crippen LogP contribution in [0.25, 0.3) is 5.76 Å². The van der Waals surface area contributed by atoms with E-state index >= 15 is 0 Å². The molecule has 1 unspecified atom stereocenters. The maximum atomic E-state index is 13.2. The summed E-state index contributed by atoms with van der Waals surface area (Å²) in [5, 5.41) is 11.2. The lowest BCUT2D eigenvalue weighted by atomic mass is 9.95. The molecule has 7 nitrogen and oxygen atoms in total. The Kier molecular flexibility index (Phi) is 7.47. The van der Waals surface area contributed by atoms with Gasteiger partial charge in [-0.2, -0.15) is 0 Å². The van der Waals surface area contributed by atoms with Gasteiger partial charge in [0.15, 0.2) is 0 Å². The predicted molar refractivity (Wildman–Crippen MR) is 128 cm³/mol. The average molecular weight is 515 g/mol. The standard InChI is InChI=1S/C25H27BrN2O5/c1-2-33-20-5-3-4-18(16-20)23(29)21-22(17-6-8-19(26)9-7-17)28(25(31)24(21)30)11-10-27-12-14-32-15-13-27/h3-9,16,22,29H,2,10-15H2,1H3. The van der Waals surface area contributed by atoms with Crippen LogP contribution in [0.2, 0.25) is 0 Å². The van der Waals surface area contributed by atoms with E-state index in [9.17, 15) is 14.7 Å². The third kappa shape index (κ3) is 5.13. The van der Waals surface area contributed by atoms with Gasteiger partial charge in [-0.15, -0.1) is 0 Å². The molecule has 2 aliphatic heterocycles. The van der Waals surface area contributed by atoms with Gasteiger partial charge in [0.2, 0.25) is 0 Å². The van der Waals surface area contributed by atoms with E-state index in [4.69, 9.17) is 9.47 Å². The van der Waals surface area contributed by atoms with Crippen LogP contribution in [0.15, 0.2) is 58.6 Å². The van der Waals surface area contributed by atoms with Gasteiger partial charge in [-0.3, -0.25) is 14.5 Å². The van der Waals surface area contributed by atoms with Crippen LogP contribution in [0.4, 0.5) is 0 Å². The van der Waals surface area contributed by atoms with Gasteiger partial charge in [-0.05, 0) is 36.8 Å². The Morgan fingerprint density at radius 1 is 1.12 bits per heavy atom. The van der Waals surface area contributed by atoms with Crippen molar-refractivity contribution in [1.29, 1.82) is 0 Å². The molecule has 0 saturated carbocycles. The van der Waals surface area contributed by atoms with Gasteiger partial charge < -0.3 is 19.5 Å². The van der Waals surface area contributed by atoms with E-state index in [1.165, 1.54) is 0 Å². The number of rotatable bonds is 7. The second-order valence-corrected chi connectivity index (χ2v) is 8.87. The first-order valence-corrected chi connectivity index (χ1v) is 11.9. The molecule has 4 rings (SSSR count). The highest BCUT2D eigenvalue weighted by Gasteiger charge is 2.46. The summed E-state index contributed by atoms with van der Waals surface area (Å²) in [5.41, 5.74) is 1.30. The summed E-state index contributed by atoms with van der Waals surface area (Å²) in [6, 6.07) is 13.7. The zero-order valence-corrected chi connectivity index (χ0v) is 20.1. The monoisotopic (exact) mass is 514 g/mol. The van der Waals surface area contributed by atoms with Gasteiger partial charge in [0.25, 0.3) is 11.7 Å². The highest BCUT2D eigenvalue weighted by atomic mass is 79.9. The molecule has 2 aromatic rings. The lowest BCUT2D eigenvalue weighted by Crippen LogP contribution is -2.42. The molecule has 2 fully saturated rings. The number of aliphatic hydroxyl groups is 1. The minimum atomic E-state index is -0.677. The Morgan fingerprint density at radius 3 is 2.55 bits per heavy atom. The van der Waals surface area contributed by atoms with Crippen molar-refractivity contribution in [3.05, 3.63) is 69.7 Å². The van der Waals surface area contributed by atoms with Crippen LogP contribution in [-0.4, -0.2) is 72.6 Å². The van der Waals surface area contributed by atoms with Crippen LogP contribution >= 0.6 is 15.9 Å². The highest BCUT2D eigenvalue weighted by Crippen LogP contribution is 2.40. The number of likely N-dealkylation sites (tertiary alicyclic amines) is 1. The summed E-state index contributed by atoms with van der Waals surface area (Å²) in [6.07, 6.45) is 0. The Bertz CT molecular complexity index is 1050. The molecular formula is C25H27BrN2O5. The Hall–Kier alpha value is -2.68. The van der Waals surface area contributed by atoms with Crippen LogP contribution in [0.1, 0.15) is 24.1 Å². The van der Waals surface area contributed by atoms with Gasteiger partial charge in [0.05, 0.1) is 31.4 Å². The van der Waals surface area contributed by atoms with Crippen molar-refractivity contribution in [1.82, 2.24) is 9.80 Å². The van der Waals surface area contributed by atoms with Crippen molar-refractivity contribution in [2.75, 3.05) is 46.0 Å². The zero-order chi connectivity index (χ0) is 23.4. The number of benzene rings is 2. The van der Waals surface area contributed by atoms with Crippen LogP contribution in [0.5, 0.6) is 5.75 Å². The molecule has 2 aromatic carbocycles. The largest absolute Gasteiger partial charge is 0.507 e. The Labute approximate surface area is 201 Å². The summed E-state index contributed by atoms with van der Waals surface area (Å²) in [6.45, 7) is 6.25. The molecule has 2 heterocycles. The summed E-state index contributed by atoms with van der Waals surface area (Å²) in [5.74, 6) is -0.886. The Morgan fingerprint density at radius 2 is 1.85 bits per heavy atom. The fraction of sp³-hybridized carbons (Fsp3) is 0.360. The number of hydrogen-bond acceptors (Lipinski definition) is 6. The van der Waals surface area contributed by atoms with Crippen molar-refractivity contribution >= 4 is 33.4 Å². The summed E-state index contributed by atoms with van der Waals surface area (Å²) >= 11 is 3.44. The number of nitrogens with zero attached hydrogens (tertiary/aromatic N) is 2. The van der Waals surface area contributed by atoms with Crippen molar-refractivity contribution in [3.8, 4) is 5.75 Å². The van der Waals surface area contributed by atoms with Crippen molar-refractivity contribution in [3.63, 3.8) is 0 Å². The second kappa shape index (κ2) is 10.5. The van der Waals surface area contributed by atoms with Crippen LogP contribution in [0.3, 0.4) is 0 Å². The fourth-order valence-electron chi connectivity index (χ4n) is 4.23. The molecule has 2 saturated heterocycles. The smallest absolute Gasteiger partial charge is 0.295 e. The lowest BCUT2D eigenvalue weighted by Gasteiger charge is -2.31. The van der Waals surface area contributed by atoms with E-state index < -0.39 is 17.7 Å². The number of amides is 1. The number of hydrogen-bond donors (Lipinski definition) is 1. The number of Topliss-reactive ketones (excluding diaryl/α,β-unsaturated/α-hetero) is 1. The minimum absolute atomic E-state index is 0.0953. The number of morpholine rings is 1. The minimum Gasteiger partial charge on any atom is -0.507 e. The molecule has 0 spiro atoms. The predicted octanol–water partition coefficient (Wildman–Crippen LogP) is 3.60. The molecule has 1 atom stereocenters. The Balaban J connectivity index is 1.73. The number of aliphatic hydroxyl groups excluding tert-OH is 1. The molecule has 33 heavy (non-hydrogen) atoms. The van der Waals surface area contributed by atoms with Crippen LogP contribution < -0.4 is 4.74 Å². The van der Waals surface area contributed by atoms with Crippen molar-refractivity contribution < 1.29 is 24.2 Å². The summed E-state index contributed by atoms with van der Waals surface area (Å²) in [4.78, 5) is 30.0. The van der Waals surface area contributed by atoms with Crippen LogP contribution in [0, 0.1) is 0 Å². The molecule has 1 amide bonds. The molecule has 174 valence electrons. The molecule has 1 N–H and O–H groups in total. The lowest BCUT2D eigenvalue weighted by molar-refractivity contribution is -0.140. The number of ketones is 1. The van der Waals surface area contributed by atoms with Gasteiger partial charge >= 0.3 is 0 Å². The number of carbonyl (C=O) groups is 2. The topological polar surface area (TPSA) is 79.3 Å². The maximum absolute atomic E-state index is 13.2. The molecule has 0 bridgehead atoms.